The molecule has 2 N–H and O–H groups in total. The summed E-state index contributed by atoms with van der Waals surface area (Å²) >= 11 is 0. The van der Waals surface area contributed by atoms with Crippen LogP contribution in [0.2, 0.25) is 0 Å². The van der Waals surface area contributed by atoms with Crippen molar-refractivity contribution in [2.45, 2.75) is 44.8 Å². The van der Waals surface area contributed by atoms with E-state index in [1.807, 2.05) is 0 Å². The molecule has 2 aromatic rings. The molecule has 1 saturated heterocycles. The standard InChI is InChI=1S/C19H21F3N4O2/c1-11(17(28)26-8-6-18(4-5-18)7-9-26)23-16(27)15-24-13-3-2-12(19(20,21)22)10-14(13)25-15/h2-3,10-11H,4-9H2,1H3,(H,23,27)(H,24,25)/t11-/m0/s1. The van der Waals surface area contributed by atoms with Crippen molar-refractivity contribution in [3.8, 4) is 0 Å². The topological polar surface area (TPSA) is 78.1 Å². The number of aromatic amines is 1. The van der Waals surface area contributed by atoms with Gasteiger partial charge in [-0.05, 0) is 56.2 Å². The van der Waals surface area contributed by atoms with Gasteiger partial charge in [0.1, 0.15) is 6.04 Å². The number of carbonyl (C=O) groups is 2. The second kappa shape index (κ2) is 6.49. The van der Waals surface area contributed by atoms with Crippen LogP contribution >= 0.6 is 0 Å². The lowest BCUT2D eigenvalue weighted by atomic mass is 9.93. The molecule has 150 valence electrons. The van der Waals surface area contributed by atoms with Gasteiger partial charge in [0.15, 0.2) is 5.82 Å². The van der Waals surface area contributed by atoms with E-state index in [0.717, 1.165) is 25.0 Å². The lowest BCUT2D eigenvalue weighted by Crippen LogP contribution is -2.49. The van der Waals surface area contributed by atoms with Gasteiger partial charge < -0.3 is 15.2 Å². The normalized spacial score (nSPS) is 19.6. The molecule has 0 radical (unpaired) electrons. The molecule has 1 aromatic heterocycles. The van der Waals surface area contributed by atoms with Crippen LogP contribution in [-0.4, -0.2) is 45.8 Å². The quantitative estimate of drug-likeness (QED) is 0.840. The zero-order valence-electron chi connectivity index (χ0n) is 15.4. The number of aromatic nitrogens is 2. The third-order valence-electron chi connectivity index (χ3n) is 5.84. The molecule has 9 heteroatoms. The molecule has 1 atom stereocenters. The van der Waals surface area contributed by atoms with E-state index in [1.54, 1.807) is 11.8 Å². The fourth-order valence-electron chi connectivity index (χ4n) is 3.77. The number of benzene rings is 1. The maximum Gasteiger partial charge on any atom is 0.416 e. The first-order valence-electron chi connectivity index (χ1n) is 9.34. The molecule has 1 aromatic carbocycles. The van der Waals surface area contributed by atoms with Gasteiger partial charge in [0.2, 0.25) is 5.91 Å². The van der Waals surface area contributed by atoms with Crippen molar-refractivity contribution in [2.75, 3.05) is 13.1 Å². The van der Waals surface area contributed by atoms with Crippen LogP contribution in [0.4, 0.5) is 13.2 Å². The molecule has 1 aliphatic carbocycles. The predicted octanol–water partition coefficient (Wildman–Crippen LogP) is 3.10. The van der Waals surface area contributed by atoms with Crippen LogP contribution in [0.5, 0.6) is 0 Å². The van der Waals surface area contributed by atoms with Crippen molar-refractivity contribution in [2.24, 2.45) is 5.41 Å². The number of alkyl halides is 3. The highest BCUT2D eigenvalue weighted by Crippen LogP contribution is 2.53. The monoisotopic (exact) mass is 394 g/mol. The number of piperidine rings is 1. The SMILES string of the molecule is C[C@H](NC(=O)c1nc2cc(C(F)(F)F)ccc2[nH]1)C(=O)N1CCC2(CC1)CC2. The first kappa shape index (κ1) is 18.8. The van der Waals surface area contributed by atoms with Crippen LogP contribution in [0, 0.1) is 5.41 Å². The Morgan fingerprint density at radius 3 is 2.50 bits per heavy atom. The number of amides is 2. The number of imidazole rings is 1. The number of hydrogen-bond acceptors (Lipinski definition) is 3. The second-order valence-electron chi connectivity index (χ2n) is 7.84. The number of likely N-dealkylation sites (tertiary alicyclic amines) is 1. The number of halogens is 3. The predicted molar refractivity (Wildman–Crippen MR) is 95.5 cm³/mol. The molecule has 6 nitrogen and oxygen atoms in total. The summed E-state index contributed by atoms with van der Waals surface area (Å²) in [5, 5.41) is 2.59. The van der Waals surface area contributed by atoms with Gasteiger partial charge in [0.05, 0.1) is 16.6 Å². The van der Waals surface area contributed by atoms with Crippen molar-refractivity contribution >= 4 is 22.8 Å². The van der Waals surface area contributed by atoms with E-state index in [-0.39, 0.29) is 17.2 Å². The minimum atomic E-state index is -4.48. The van der Waals surface area contributed by atoms with Gasteiger partial charge in [-0.3, -0.25) is 9.59 Å². The number of H-pyrrole nitrogens is 1. The van der Waals surface area contributed by atoms with Crippen LogP contribution in [-0.2, 0) is 11.0 Å². The number of nitrogens with one attached hydrogen (secondary N) is 2. The Bertz CT molecular complexity index is 923. The number of carbonyl (C=O) groups excluding carboxylic acids is 2. The Labute approximate surface area is 159 Å². The molecular weight excluding hydrogens is 373 g/mol. The Balaban J connectivity index is 1.41. The molecule has 1 spiro atoms. The minimum Gasteiger partial charge on any atom is -0.341 e. The summed E-state index contributed by atoms with van der Waals surface area (Å²) in [4.78, 5) is 33.4. The molecule has 28 heavy (non-hydrogen) atoms. The number of rotatable bonds is 3. The summed E-state index contributed by atoms with van der Waals surface area (Å²) in [7, 11) is 0. The van der Waals surface area contributed by atoms with Gasteiger partial charge in [-0.25, -0.2) is 4.98 Å². The van der Waals surface area contributed by atoms with Gasteiger partial charge in [-0.15, -0.1) is 0 Å². The summed E-state index contributed by atoms with van der Waals surface area (Å²) in [6.07, 6.45) is 0.00583. The van der Waals surface area contributed by atoms with E-state index in [1.165, 1.54) is 18.9 Å². The summed E-state index contributed by atoms with van der Waals surface area (Å²) in [6, 6.07) is 2.31. The molecule has 2 heterocycles. The molecule has 2 fully saturated rings. The Kier molecular flexibility index (Phi) is 4.35. The van der Waals surface area contributed by atoms with Crippen LogP contribution < -0.4 is 5.32 Å². The zero-order valence-corrected chi connectivity index (χ0v) is 15.4. The van der Waals surface area contributed by atoms with E-state index < -0.39 is 23.7 Å². The smallest absolute Gasteiger partial charge is 0.341 e. The number of nitrogens with zero attached hydrogens (tertiary/aromatic N) is 2. The van der Waals surface area contributed by atoms with Crippen molar-refractivity contribution in [3.05, 3.63) is 29.6 Å². The third kappa shape index (κ3) is 3.57. The average Bonchev–Trinajstić information content (AvgIpc) is 3.25. The van der Waals surface area contributed by atoms with E-state index in [2.05, 4.69) is 15.3 Å². The first-order valence-corrected chi connectivity index (χ1v) is 9.34. The molecular formula is C19H21F3N4O2. The van der Waals surface area contributed by atoms with Gasteiger partial charge >= 0.3 is 6.18 Å². The summed E-state index contributed by atoms with van der Waals surface area (Å²) < 4.78 is 38.4. The van der Waals surface area contributed by atoms with Gasteiger partial charge in [0, 0.05) is 13.1 Å². The fourth-order valence-corrected chi connectivity index (χ4v) is 3.77. The lowest BCUT2D eigenvalue weighted by Gasteiger charge is -2.33. The lowest BCUT2D eigenvalue weighted by molar-refractivity contribution is -0.137. The summed E-state index contributed by atoms with van der Waals surface area (Å²) in [5.74, 6) is -0.898. The van der Waals surface area contributed by atoms with Gasteiger partial charge in [0.25, 0.3) is 5.91 Å². The maximum absolute atomic E-state index is 12.8. The fraction of sp³-hybridized carbons (Fsp3) is 0.526. The molecule has 0 bridgehead atoms. The highest BCUT2D eigenvalue weighted by molar-refractivity contribution is 5.97. The highest BCUT2D eigenvalue weighted by Gasteiger charge is 2.45. The molecule has 1 aliphatic heterocycles. The minimum absolute atomic E-state index is 0.0460. The van der Waals surface area contributed by atoms with E-state index in [4.69, 9.17) is 0 Å². The van der Waals surface area contributed by atoms with Crippen LogP contribution in [0.3, 0.4) is 0 Å². The Hall–Kier alpha value is -2.58. The van der Waals surface area contributed by atoms with Crippen LogP contribution in [0.15, 0.2) is 18.2 Å². The molecule has 4 rings (SSSR count). The largest absolute Gasteiger partial charge is 0.416 e. The number of hydrogen-bond donors (Lipinski definition) is 2. The molecule has 1 saturated carbocycles. The van der Waals surface area contributed by atoms with E-state index >= 15 is 0 Å². The van der Waals surface area contributed by atoms with Crippen molar-refractivity contribution in [3.63, 3.8) is 0 Å². The van der Waals surface area contributed by atoms with Gasteiger partial charge in [-0.2, -0.15) is 13.2 Å². The Morgan fingerprint density at radius 2 is 1.89 bits per heavy atom. The van der Waals surface area contributed by atoms with Crippen molar-refractivity contribution in [1.82, 2.24) is 20.2 Å². The average molecular weight is 394 g/mol. The van der Waals surface area contributed by atoms with E-state index in [9.17, 15) is 22.8 Å². The first-order chi connectivity index (χ1) is 13.2. The zero-order chi connectivity index (χ0) is 20.1. The van der Waals surface area contributed by atoms with Crippen LogP contribution in [0.25, 0.3) is 11.0 Å². The molecule has 2 aliphatic rings. The van der Waals surface area contributed by atoms with Crippen molar-refractivity contribution in [1.29, 1.82) is 0 Å². The molecule has 0 unspecified atom stereocenters. The molecule has 2 amide bonds. The second-order valence-corrected chi connectivity index (χ2v) is 7.84. The van der Waals surface area contributed by atoms with E-state index in [0.29, 0.717) is 24.0 Å². The summed E-state index contributed by atoms with van der Waals surface area (Å²) in [5.41, 5.74) is -0.0135. The third-order valence-corrected chi connectivity index (χ3v) is 5.84. The Morgan fingerprint density at radius 1 is 1.21 bits per heavy atom. The summed E-state index contributed by atoms with van der Waals surface area (Å²) in [6.45, 7) is 3.00. The van der Waals surface area contributed by atoms with Gasteiger partial charge in [-0.1, -0.05) is 0 Å². The van der Waals surface area contributed by atoms with Crippen molar-refractivity contribution < 1.29 is 22.8 Å². The highest BCUT2D eigenvalue weighted by atomic mass is 19.4. The maximum atomic E-state index is 12.8. The van der Waals surface area contributed by atoms with Crippen LogP contribution in [0.1, 0.15) is 48.8 Å². The number of fused-ring (bicyclic) bond motifs is 1.